The van der Waals surface area contributed by atoms with Crippen molar-refractivity contribution in [2.75, 3.05) is 6.61 Å². The number of ketones is 2. The minimum Gasteiger partial charge on any atom is -0.488 e. The summed E-state index contributed by atoms with van der Waals surface area (Å²) < 4.78 is 12.2. The third-order valence-electron chi connectivity index (χ3n) is 7.96. The van der Waals surface area contributed by atoms with Gasteiger partial charge in [0, 0.05) is 5.92 Å². The summed E-state index contributed by atoms with van der Waals surface area (Å²) in [5, 5.41) is 11.8. The zero-order valence-electron chi connectivity index (χ0n) is 16.0. The Bertz CT molecular complexity index is 916. The first kappa shape index (κ1) is 17.1. The van der Waals surface area contributed by atoms with E-state index >= 15 is 0 Å². The first-order valence-corrected chi connectivity index (χ1v) is 9.51. The molecule has 1 N–H and O–H groups in total. The second kappa shape index (κ2) is 4.70. The molecule has 5 nitrogen and oxygen atoms in total. The van der Waals surface area contributed by atoms with Gasteiger partial charge < -0.3 is 14.6 Å². The van der Waals surface area contributed by atoms with Crippen LogP contribution in [0.2, 0.25) is 0 Å². The first-order chi connectivity index (χ1) is 12.6. The van der Waals surface area contributed by atoms with Crippen molar-refractivity contribution in [2.45, 2.75) is 51.4 Å². The van der Waals surface area contributed by atoms with E-state index in [1.165, 1.54) is 0 Å². The molecule has 0 amide bonds. The molecule has 27 heavy (non-hydrogen) atoms. The van der Waals surface area contributed by atoms with Gasteiger partial charge in [0.05, 0.1) is 24.0 Å². The molecule has 6 rings (SSSR count). The van der Waals surface area contributed by atoms with Gasteiger partial charge in [0.25, 0.3) is 0 Å². The molecule has 2 heterocycles. The number of aliphatic hydroxyl groups is 1. The highest BCUT2D eigenvalue weighted by Gasteiger charge is 2.83. The van der Waals surface area contributed by atoms with Crippen LogP contribution < -0.4 is 0 Å². The molecule has 0 spiro atoms. The van der Waals surface area contributed by atoms with Gasteiger partial charge in [0.1, 0.15) is 17.5 Å². The number of hydrogen-bond donors (Lipinski definition) is 1. The van der Waals surface area contributed by atoms with Gasteiger partial charge in [-0.15, -0.1) is 0 Å². The summed E-state index contributed by atoms with van der Waals surface area (Å²) in [6.45, 7) is 7.68. The number of benzene rings is 1. The molecule has 5 atom stereocenters. The van der Waals surface area contributed by atoms with Crippen LogP contribution in [0.1, 0.15) is 45.8 Å². The van der Waals surface area contributed by atoms with Crippen LogP contribution >= 0.6 is 0 Å². The summed E-state index contributed by atoms with van der Waals surface area (Å²) in [7, 11) is 0. The van der Waals surface area contributed by atoms with Gasteiger partial charge in [-0.25, -0.2) is 0 Å². The topological polar surface area (TPSA) is 72.8 Å². The number of allylic oxidation sites excluding steroid dienone is 1. The largest absolute Gasteiger partial charge is 0.488 e. The maximum absolute atomic E-state index is 13.6. The van der Waals surface area contributed by atoms with Crippen molar-refractivity contribution >= 4 is 11.6 Å². The molecule has 5 aliphatic rings. The van der Waals surface area contributed by atoms with E-state index in [4.69, 9.17) is 9.47 Å². The highest BCUT2D eigenvalue weighted by atomic mass is 16.5. The van der Waals surface area contributed by atoms with Gasteiger partial charge in [0.2, 0.25) is 0 Å². The van der Waals surface area contributed by atoms with E-state index in [2.05, 4.69) is 0 Å². The fraction of sp³-hybridized carbons (Fsp3) is 0.545. The molecule has 3 aliphatic carbocycles. The molecule has 0 aromatic heterocycles. The van der Waals surface area contributed by atoms with E-state index in [1.54, 1.807) is 6.92 Å². The zero-order valence-corrected chi connectivity index (χ0v) is 16.0. The van der Waals surface area contributed by atoms with Crippen molar-refractivity contribution in [1.82, 2.24) is 0 Å². The number of carbonyl (C=O) groups is 2. The molecule has 5 heteroatoms. The molecule has 4 bridgehead atoms. The second-order valence-electron chi connectivity index (χ2n) is 9.19. The highest BCUT2D eigenvalue weighted by molar-refractivity contribution is 6.09. The van der Waals surface area contributed by atoms with Crippen LogP contribution in [0, 0.1) is 16.7 Å². The molecular formula is C22H24O5. The Balaban J connectivity index is 1.76. The van der Waals surface area contributed by atoms with Crippen molar-refractivity contribution < 1.29 is 24.2 Å². The first-order valence-electron chi connectivity index (χ1n) is 9.51. The van der Waals surface area contributed by atoms with Crippen molar-refractivity contribution in [1.29, 1.82) is 0 Å². The molecule has 1 aromatic rings. The number of carbonyl (C=O) groups excluding carboxylic acids is 2. The molecule has 1 aromatic carbocycles. The molecule has 1 saturated heterocycles. The Labute approximate surface area is 158 Å². The summed E-state index contributed by atoms with van der Waals surface area (Å²) in [5.41, 5.74) is -3.51. The maximum Gasteiger partial charge on any atom is 0.181 e. The molecule has 142 valence electrons. The minimum atomic E-state index is -1.64. The van der Waals surface area contributed by atoms with Crippen LogP contribution in [0.25, 0.3) is 0 Å². The van der Waals surface area contributed by atoms with Gasteiger partial charge in [-0.05, 0) is 24.8 Å². The van der Waals surface area contributed by atoms with Crippen LogP contribution in [-0.2, 0) is 19.1 Å². The summed E-state index contributed by atoms with van der Waals surface area (Å²) in [4.78, 5) is 26.9. The van der Waals surface area contributed by atoms with E-state index in [0.717, 1.165) is 5.56 Å². The van der Waals surface area contributed by atoms with Gasteiger partial charge in [-0.1, -0.05) is 44.2 Å². The van der Waals surface area contributed by atoms with Gasteiger partial charge >= 0.3 is 0 Å². The fourth-order valence-electron chi connectivity index (χ4n) is 5.96. The summed E-state index contributed by atoms with van der Waals surface area (Å²) >= 11 is 0. The number of hydrogen-bond acceptors (Lipinski definition) is 5. The molecular weight excluding hydrogens is 344 g/mol. The Kier molecular flexibility index (Phi) is 2.99. The SMILES string of the molecule is CC12OCC3C(C)(C)C(C)(C1=O)C1=C(C(=O)CC(c4ccccc4)O1)C32O. The lowest BCUT2D eigenvalue weighted by Crippen LogP contribution is -2.77. The van der Waals surface area contributed by atoms with Crippen molar-refractivity contribution in [2.24, 2.45) is 16.7 Å². The number of rotatable bonds is 1. The zero-order chi connectivity index (χ0) is 19.4. The third-order valence-corrected chi connectivity index (χ3v) is 7.96. The monoisotopic (exact) mass is 368 g/mol. The van der Waals surface area contributed by atoms with Crippen LogP contribution in [0.4, 0.5) is 0 Å². The average Bonchev–Trinajstić information content (AvgIpc) is 2.90. The van der Waals surface area contributed by atoms with E-state index in [-0.39, 0.29) is 36.1 Å². The van der Waals surface area contributed by atoms with Crippen molar-refractivity contribution in [3.63, 3.8) is 0 Å². The van der Waals surface area contributed by atoms with Crippen molar-refractivity contribution in [3.05, 3.63) is 47.2 Å². The molecule has 5 unspecified atom stereocenters. The Morgan fingerprint density at radius 3 is 2.41 bits per heavy atom. The summed E-state index contributed by atoms with van der Waals surface area (Å²) in [5.74, 6) is -0.332. The normalized spacial score (nSPS) is 44.3. The van der Waals surface area contributed by atoms with E-state index in [9.17, 15) is 14.7 Å². The van der Waals surface area contributed by atoms with Crippen LogP contribution in [0.15, 0.2) is 41.7 Å². The van der Waals surface area contributed by atoms with Crippen LogP contribution in [0.3, 0.4) is 0 Å². The third kappa shape index (κ3) is 1.57. The second-order valence-corrected chi connectivity index (χ2v) is 9.19. The lowest BCUT2D eigenvalue weighted by molar-refractivity contribution is -0.208. The van der Waals surface area contributed by atoms with E-state index in [1.807, 2.05) is 51.1 Å². The Morgan fingerprint density at radius 1 is 1.07 bits per heavy atom. The lowest BCUT2D eigenvalue weighted by Gasteiger charge is -2.64. The van der Waals surface area contributed by atoms with Crippen LogP contribution in [0.5, 0.6) is 0 Å². The van der Waals surface area contributed by atoms with E-state index < -0.39 is 28.1 Å². The quantitative estimate of drug-likeness (QED) is 0.825. The van der Waals surface area contributed by atoms with Gasteiger partial charge in [-0.3, -0.25) is 9.59 Å². The smallest absolute Gasteiger partial charge is 0.181 e. The number of Topliss-reactive ketones (excluding diaryl/α,β-unsaturated/α-hetero) is 2. The predicted octanol–water partition coefficient (Wildman–Crippen LogP) is 2.74. The standard InChI is InChI=1S/C22H24O5/c1-19(2)15-11-26-21(4)18(24)20(19,3)17-16(22(15,21)25)13(23)10-14(27-17)12-8-6-5-7-9-12/h5-9,14-15,25H,10-11H2,1-4H3. The molecule has 0 radical (unpaired) electrons. The van der Waals surface area contributed by atoms with Gasteiger partial charge in [0.15, 0.2) is 17.2 Å². The molecule has 2 fully saturated rings. The fourth-order valence-corrected chi connectivity index (χ4v) is 5.96. The van der Waals surface area contributed by atoms with Gasteiger partial charge in [-0.2, -0.15) is 0 Å². The average molecular weight is 368 g/mol. The number of ether oxygens (including phenoxy) is 2. The Hall–Kier alpha value is -1.98. The predicted molar refractivity (Wildman–Crippen MR) is 96.6 cm³/mol. The summed E-state index contributed by atoms with van der Waals surface area (Å²) in [6, 6.07) is 9.55. The van der Waals surface area contributed by atoms with Crippen molar-refractivity contribution in [3.8, 4) is 0 Å². The maximum atomic E-state index is 13.6. The lowest BCUT2D eigenvalue weighted by atomic mass is 9.39. The summed E-state index contributed by atoms with van der Waals surface area (Å²) in [6.07, 6.45) is -0.300. The molecule has 2 aliphatic heterocycles. The minimum absolute atomic E-state index is 0.149. The highest BCUT2D eigenvalue weighted by Crippen LogP contribution is 2.72. The van der Waals surface area contributed by atoms with E-state index in [0.29, 0.717) is 5.76 Å². The molecule has 1 saturated carbocycles. The van der Waals surface area contributed by atoms with Crippen LogP contribution in [-0.4, -0.2) is 34.5 Å². The Morgan fingerprint density at radius 2 is 1.74 bits per heavy atom.